The average molecular weight is 515 g/mol. The van der Waals surface area contributed by atoms with Crippen LogP contribution in [0.25, 0.3) is 23.1 Å². The minimum absolute atomic E-state index is 0.0237. The van der Waals surface area contributed by atoms with E-state index in [4.69, 9.17) is 4.74 Å². The number of benzene rings is 3. The second kappa shape index (κ2) is 8.77. The maximum Gasteiger partial charge on any atom is 0.235 e. The van der Waals surface area contributed by atoms with Crippen LogP contribution in [0.1, 0.15) is 40.3 Å². The van der Waals surface area contributed by atoms with Crippen LogP contribution in [0.4, 0.5) is 14.5 Å². The smallest absolute Gasteiger partial charge is 0.235 e. The van der Waals surface area contributed by atoms with Gasteiger partial charge in [-0.15, -0.1) is 0 Å². The number of hydrogen-bond donors (Lipinski definition) is 1. The zero-order chi connectivity index (χ0) is 26.8. The summed E-state index contributed by atoms with van der Waals surface area (Å²) < 4.78 is 36.2. The molecule has 0 saturated heterocycles. The fraction of sp³-hybridized carbons (Fsp3) is 0.267. The molecule has 2 heterocycles. The summed E-state index contributed by atoms with van der Waals surface area (Å²) in [7, 11) is 7.03. The first-order chi connectivity index (χ1) is 18.2. The molecule has 1 aliphatic carbocycles. The summed E-state index contributed by atoms with van der Waals surface area (Å²) in [5.41, 5.74) is 4.43. The highest BCUT2D eigenvalue weighted by atomic mass is 19.1. The number of fused-ring (bicyclic) bond motifs is 3. The third-order valence-electron chi connectivity index (χ3n) is 7.70. The van der Waals surface area contributed by atoms with E-state index in [0.29, 0.717) is 11.3 Å². The molecule has 38 heavy (non-hydrogen) atoms. The first-order valence-electron chi connectivity index (χ1n) is 12.5. The van der Waals surface area contributed by atoms with E-state index in [0.717, 1.165) is 39.9 Å². The summed E-state index contributed by atoms with van der Waals surface area (Å²) in [4.78, 5) is 14.8. The quantitative estimate of drug-likeness (QED) is 0.371. The predicted molar refractivity (Wildman–Crippen MR) is 144 cm³/mol. The molecule has 6 rings (SSSR count). The Morgan fingerprint density at radius 3 is 2.61 bits per heavy atom. The van der Waals surface area contributed by atoms with Crippen LogP contribution in [-0.4, -0.2) is 41.8 Å². The van der Waals surface area contributed by atoms with Crippen molar-refractivity contribution in [1.82, 2.24) is 14.7 Å². The molecule has 1 amide bonds. The number of halogens is 2. The lowest BCUT2D eigenvalue weighted by atomic mass is 9.91. The second-order valence-corrected chi connectivity index (χ2v) is 10.4. The first-order valence-corrected chi connectivity index (χ1v) is 12.5. The molecule has 8 heteroatoms. The highest BCUT2D eigenvalue weighted by Crippen LogP contribution is 2.65. The number of methoxy groups -OCH3 is 1. The molecule has 0 bridgehead atoms. The van der Waals surface area contributed by atoms with E-state index >= 15 is 0 Å². The average Bonchev–Trinajstić information content (AvgIpc) is 3.49. The number of amides is 1. The molecule has 0 radical (unpaired) electrons. The molecular formula is C30H28F2N4O2. The zero-order valence-electron chi connectivity index (χ0n) is 21.7. The van der Waals surface area contributed by atoms with Gasteiger partial charge in [0.05, 0.1) is 23.7 Å². The number of rotatable bonds is 6. The molecule has 1 fully saturated rings. The van der Waals surface area contributed by atoms with E-state index in [9.17, 15) is 13.6 Å². The van der Waals surface area contributed by atoms with Crippen molar-refractivity contribution in [3.63, 3.8) is 0 Å². The molecule has 194 valence electrons. The van der Waals surface area contributed by atoms with Gasteiger partial charge in [0.2, 0.25) is 5.91 Å². The van der Waals surface area contributed by atoms with Gasteiger partial charge in [0.15, 0.2) is 0 Å². The lowest BCUT2D eigenvalue weighted by Crippen LogP contribution is -2.21. The molecule has 1 aromatic heterocycles. The molecule has 3 aromatic carbocycles. The van der Waals surface area contributed by atoms with Crippen LogP contribution in [-0.2, 0) is 23.8 Å². The third-order valence-corrected chi connectivity index (χ3v) is 7.70. The number of aromatic nitrogens is 2. The van der Waals surface area contributed by atoms with Crippen LogP contribution in [0, 0.1) is 11.6 Å². The second-order valence-electron chi connectivity index (χ2n) is 10.4. The first kappa shape index (κ1) is 24.3. The van der Waals surface area contributed by atoms with E-state index in [1.807, 2.05) is 37.4 Å². The summed E-state index contributed by atoms with van der Waals surface area (Å²) in [6.45, 7) is 0.192. The van der Waals surface area contributed by atoms with Gasteiger partial charge in [-0.05, 0) is 79.7 Å². The Hall–Kier alpha value is -4.04. The lowest BCUT2D eigenvalue weighted by Gasteiger charge is -2.12. The summed E-state index contributed by atoms with van der Waals surface area (Å²) >= 11 is 0. The Bertz CT molecular complexity index is 1620. The summed E-state index contributed by atoms with van der Waals surface area (Å²) in [6.07, 6.45) is 4.17. The maximum absolute atomic E-state index is 14.5. The highest BCUT2D eigenvalue weighted by molar-refractivity contribution is 6.10. The van der Waals surface area contributed by atoms with Gasteiger partial charge >= 0.3 is 0 Å². The van der Waals surface area contributed by atoms with Gasteiger partial charge in [0, 0.05) is 36.1 Å². The minimum Gasteiger partial charge on any atom is -0.497 e. The van der Waals surface area contributed by atoms with Crippen LogP contribution in [0.3, 0.4) is 0 Å². The topological polar surface area (TPSA) is 59.4 Å². The molecule has 1 saturated carbocycles. The van der Waals surface area contributed by atoms with Crippen molar-refractivity contribution in [3.8, 4) is 5.75 Å². The summed E-state index contributed by atoms with van der Waals surface area (Å²) in [6, 6.07) is 14.5. The number of nitrogens with zero attached hydrogens (tertiary/aromatic N) is 3. The Balaban J connectivity index is 1.30. The molecule has 2 atom stereocenters. The van der Waals surface area contributed by atoms with Crippen LogP contribution >= 0.6 is 0 Å². The molecule has 2 unspecified atom stereocenters. The molecular weight excluding hydrogens is 486 g/mol. The molecule has 1 aliphatic heterocycles. The van der Waals surface area contributed by atoms with Gasteiger partial charge in [0.25, 0.3) is 0 Å². The molecule has 6 nitrogen and oxygen atoms in total. The fourth-order valence-corrected chi connectivity index (χ4v) is 5.70. The van der Waals surface area contributed by atoms with E-state index in [1.165, 1.54) is 12.1 Å². The van der Waals surface area contributed by atoms with Crippen LogP contribution in [0.5, 0.6) is 5.75 Å². The Kier molecular flexibility index (Phi) is 5.61. The van der Waals surface area contributed by atoms with E-state index in [2.05, 4.69) is 16.5 Å². The number of aryl methyl sites for hydroxylation is 1. The highest BCUT2D eigenvalue weighted by Gasteiger charge is 2.65. The molecule has 1 N–H and O–H groups in total. The van der Waals surface area contributed by atoms with Gasteiger partial charge in [-0.3, -0.25) is 9.48 Å². The number of ether oxygens (including phenoxy) is 1. The number of hydrogen-bond acceptors (Lipinski definition) is 4. The van der Waals surface area contributed by atoms with Gasteiger partial charge in [0.1, 0.15) is 17.4 Å². The predicted octanol–water partition coefficient (Wildman–Crippen LogP) is 5.47. The van der Waals surface area contributed by atoms with Crippen molar-refractivity contribution < 1.29 is 18.3 Å². The van der Waals surface area contributed by atoms with Gasteiger partial charge < -0.3 is 15.0 Å². The summed E-state index contributed by atoms with van der Waals surface area (Å²) in [5.74, 6) is -0.322. The van der Waals surface area contributed by atoms with Gasteiger partial charge in [-0.2, -0.15) is 5.10 Å². The number of anilines is 1. The van der Waals surface area contributed by atoms with Crippen LogP contribution in [0.15, 0.2) is 48.5 Å². The Labute approximate surface area is 219 Å². The zero-order valence-corrected chi connectivity index (χ0v) is 21.7. The van der Waals surface area contributed by atoms with Crippen molar-refractivity contribution in [2.75, 3.05) is 26.5 Å². The SMILES string of the molecule is COc1ccc2c(c1)C1(CC1c1ccc3c(/C=C/c4cc(F)c(CN(C)C)c(F)c4)nn(C)c3c1)C(=O)N2. The van der Waals surface area contributed by atoms with Crippen molar-refractivity contribution in [1.29, 1.82) is 0 Å². The maximum atomic E-state index is 14.5. The van der Waals surface area contributed by atoms with Crippen LogP contribution in [0.2, 0.25) is 0 Å². The number of nitrogens with one attached hydrogen (secondary N) is 1. The Morgan fingerprint density at radius 1 is 1.13 bits per heavy atom. The van der Waals surface area contributed by atoms with Crippen molar-refractivity contribution >= 4 is 34.6 Å². The Morgan fingerprint density at radius 2 is 1.89 bits per heavy atom. The number of carbonyl (C=O) groups is 1. The van der Waals surface area contributed by atoms with E-state index in [-0.39, 0.29) is 23.9 Å². The fourth-order valence-electron chi connectivity index (χ4n) is 5.70. The molecule has 1 spiro atoms. The van der Waals surface area contributed by atoms with Crippen molar-refractivity contribution in [2.24, 2.45) is 7.05 Å². The monoisotopic (exact) mass is 514 g/mol. The van der Waals surface area contributed by atoms with Crippen molar-refractivity contribution in [2.45, 2.75) is 24.3 Å². The summed E-state index contributed by atoms with van der Waals surface area (Å²) in [5, 5.41) is 8.58. The normalized spacial score (nSPS) is 20.1. The van der Waals surface area contributed by atoms with E-state index in [1.54, 1.807) is 42.9 Å². The third kappa shape index (κ3) is 3.79. The van der Waals surface area contributed by atoms with Crippen molar-refractivity contribution in [3.05, 3.63) is 88.1 Å². The molecule has 2 aliphatic rings. The minimum atomic E-state index is -0.578. The largest absolute Gasteiger partial charge is 0.497 e. The van der Waals surface area contributed by atoms with Crippen LogP contribution < -0.4 is 10.1 Å². The van der Waals surface area contributed by atoms with Gasteiger partial charge in [-0.25, -0.2) is 8.78 Å². The van der Waals surface area contributed by atoms with E-state index < -0.39 is 17.0 Å². The standard InChI is InChI=1S/C30H28F2N4O2/c1-35(2)16-21-24(31)11-17(12-25(21)32)5-9-26-20-8-6-18(13-28(20)36(3)34-26)23-15-30(23)22-14-19(38-4)7-10-27(22)33-29(30)37/h5-14,23H,15-16H2,1-4H3,(H,33,37)/b9-5+. The number of carbonyl (C=O) groups excluding carboxylic acids is 1. The molecule has 4 aromatic rings. The van der Waals surface area contributed by atoms with Gasteiger partial charge in [-0.1, -0.05) is 18.2 Å². The lowest BCUT2D eigenvalue weighted by molar-refractivity contribution is -0.118.